The smallest absolute Gasteiger partial charge is 0.242 e. The summed E-state index contributed by atoms with van der Waals surface area (Å²) in [6, 6.07) is 6.42. The topological polar surface area (TPSA) is 76.6 Å². The molecule has 0 saturated heterocycles. The Hall–Kier alpha value is -2.56. The Bertz CT molecular complexity index is 923. The van der Waals surface area contributed by atoms with Crippen LogP contribution in [0.15, 0.2) is 30.7 Å². The van der Waals surface area contributed by atoms with Crippen LogP contribution in [-0.4, -0.2) is 15.1 Å². The molecule has 0 saturated carbocycles. The van der Waals surface area contributed by atoms with Gasteiger partial charge < -0.3 is 5.11 Å². The van der Waals surface area contributed by atoms with E-state index in [2.05, 4.69) is 16.0 Å². The third-order valence-electron chi connectivity index (χ3n) is 3.65. The number of halogens is 1. The summed E-state index contributed by atoms with van der Waals surface area (Å²) in [5.74, 6) is -0.387. The van der Waals surface area contributed by atoms with Crippen molar-refractivity contribution < 1.29 is 14.1 Å². The summed E-state index contributed by atoms with van der Waals surface area (Å²) in [6.45, 7) is 4.05. The van der Waals surface area contributed by atoms with Crippen molar-refractivity contribution in [1.29, 1.82) is 5.26 Å². The summed E-state index contributed by atoms with van der Waals surface area (Å²) < 4.78 is 15.4. The standard InChI is InChI=1S/C17H15FN4OS/c1-10(23)15-5-12(18)3-4-14(15)17-16(24-11(2)21-17)8-22-7-13(6-19)20-9-22/h3-5,7,9-10,23H,8H2,1-2H3/p+1. The van der Waals surface area contributed by atoms with E-state index >= 15 is 0 Å². The number of aryl methyl sites for hydroxylation is 1. The lowest BCUT2D eigenvalue weighted by Crippen LogP contribution is -2.30. The fourth-order valence-corrected chi connectivity index (χ4v) is 3.55. The maximum absolute atomic E-state index is 13.5. The molecule has 0 radical (unpaired) electrons. The SMILES string of the molecule is Cc1nc(-c2ccc(F)cc2C(C)O)c(C[n+]2c[nH]c(C#N)c2)s1. The van der Waals surface area contributed by atoms with E-state index in [0.29, 0.717) is 17.8 Å². The van der Waals surface area contributed by atoms with Crippen molar-refractivity contribution in [3.63, 3.8) is 0 Å². The van der Waals surface area contributed by atoms with Gasteiger partial charge >= 0.3 is 0 Å². The number of aliphatic hydroxyl groups excluding tert-OH is 1. The molecule has 0 amide bonds. The van der Waals surface area contributed by atoms with E-state index in [1.54, 1.807) is 36.9 Å². The van der Waals surface area contributed by atoms with Gasteiger partial charge in [-0.05, 0) is 37.6 Å². The maximum atomic E-state index is 13.5. The van der Waals surface area contributed by atoms with Crippen molar-refractivity contribution in [3.8, 4) is 17.3 Å². The number of nitrogens with one attached hydrogen (secondary N) is 1. The normalized spacial score (nSPS) is 12.1. The van der Waals surface area contributed by atoms with Gasteiger partial charge in [-0.3, -0.25) is 0 Å². The number of imidazole rings is 1. The zero-order valence-corrected chi connectivity index (χ0v) is 14.1. The van der Waals surface area contributed by atoms with Crippen LogP contribution in [0.25, 0.3) is 11.3 Å². The van der Waals surface area contributed by atoms with Gasteiger partial charge in [0.2, 0.25) is 12.0 Å². The first-order valence-corrected chi connectivity index (χ1v) is 8.21. The first kappa shape index (κ1) is 16.3. The highest BCUT2D eigenvalue weighted by molar-refractivity contribution is 7.12. The number of aromatic amines is 1. The fourth-order valence-electron chi connectivity index (χ4n) is 2.59. The predicted octanol–water partition coefficient (Wildman–Crippen LogP) is 2.85. The summed E-state index contributed by atoms with van der Waals surface area (Å²) in [7, 11) is 0. The van der Waals surface area contributed by atoms with E-state index in [0.717, 1.165) is 21.1 Å². The summed E-state index contributed by atoms with van der Waals surface area (Å²) in [6.07, 6.45) is 2.65. The Labute approximate surface area is 142 Å². The van der Waals surface area contributed by atoms with Crippen molar-refractivity contribution in [3.05, 3.63) is 57.7 Å². The second-order valence-electron chi connectivity index (χ2n) is 5.51. The van der Waals surface area contributed by atoms with E-state index in [4.69, 9.17) is 5.26 Å². The van der Waals surface area contributed by atoms with Crippen molar-refractivity contribution in [2.45, 2.75) is 26.5 Å². The Balaban J connectivity index is 2.05. The minimum Gasteiger partial charge on any atom is -0.389 e. The predicted molar refractivity (Wildman–Crippen MR) is 87.7 cm³/mol. The Kier molecular flexibility index (Phi) is 4.42. The second kappa shape index (κ2) is 6.51. The molecule has 2 N–H and O–H groups in total. The molecule has 122 valence electrons. The Morgan fingerprint density at radius 1 is 1.50 bits per heavy atom. The van der Waals surface area contributed by atoms with Gasteiger partial charge in [-0.1, -0.05) is 0 Å². The Morgan fingerprint density at radius 3 is 2.96 bits per heavy atom. The number of aromatic nitrogens is 3. The molecular weight excluding hydrogens is 327 g/mol. The van der Waals surface area contributed by atoms with Crippen LogP contribution in [0.2, 0.25) is 0 Å². The van der Waals surface area contributed by atoms with Crippen molar-refractivity contribution in [2.75, 3.05) is 0 Å². The first-order valence-electron chi connectivity index (χ1n) is 7.39. The van der Waals surface area contributed by atoms with Crippen LogP contribution in [0.5, 0.6) is 0 Å². The molecule has 2 heterocycles. The number of hydrogen-bond donors (Lipinski definition) is 2. The highest BCUT2D eigenvalue weighted by Gasteiger charge is 2.19. The monoisotopic (exact) mass is 343 g/mol. The molecule has 1 unspecified atom stereocenters. The molecule has 0 aliphatic rings. The van der Waals surface area contributed by atoms with Gasteiger partial charge in [0.25, 0.3) is 0 Å². The van der Waals surface area contributed by atoms with Crippen LogP contribution in [0.3, 0.4) is 0 Å². The zero-order valence-electron chi connectivity index (χ0n) is 13.2. The molecule has 3 rings (SSSR count). The number of thiazole rings is 1. The van der Waals surface area contributed by atoms with Crippen LogP contribution in [0, 0.1) is 24.1 Å². The number of rotatable bonds is 4. The van der Waals surface area contributed by atoms with Crippen LogP contribution >= 0.6 is 11.3 Å². The number of aliphatic hydroxyl groups is 1. The highest BCUT2D eigenvalue weighted by Crippen LogP contribution is 2.33. The number of nitriles is 1. The molecule has 1 atom stereocenters. The summed E-state index contributed by atoms with van der Waals surface area (Å²) in [5.41, 5.74) is 2.45. The van der Waals surface area contributed by atoms with Gasteiger partial charge in [0.15, 0.2) is 0 Å². The minimum atomic E-state index is -0.796. The Morgan fingerprint density at radius 2 is 2.29 bits per heavy atom. The third-order valence-corrected chi connectivity index (χ3v) is 4.61. The number of H-pyrrole nitrogens is 1. The number of benzene rings is 1. The molecular formula is C17H16FN4OS+. The number of hydrogen-bond acceptors (Lipinski definition) is 4. The van der Waals surface area contributed by atoms with Crippen LogP contribution in [0.1, 0.15) is 34.2 Å². The average Bonchev–Trinajstić information content (AvgIpc) is 3.14. The van der Waals surface area contributed by atoms with Gasteiger partial charge in [0.1, 0.15) is 24.6 Å². The lowest BCUT2D eigenvalue weighted by atomic mass is 9.99. The molecule has 2 aromatic heterocycles. The van der Waals surface area contributed by atoms with Gasteiger partial charge in [-0.15, -0.1) is 11.3 Å². The lowest BCUT2D eigenvalue weighted by molar-refractivity contribution is -0.686. The quantitative estimate of drug-likeness (QED) is 0.715. The molecule has 0 fully saturated rings. The zero-order chi connectivity index (χ0) is 17.3. The van der Waals surface area contributed by atoms with Gasteiger partial charge in [0.05, 0.1) is 21.7 Å². The fraction of sp³-hybridized carbons (Fsp3) is 0.235. The summed E-state index contributed by atoms with van der Waals surface area (Å²) >= 11 is 1.54. The third kappa shape index (κ3) is 3.20. The number of nitrogens with zero attached hydrogens (tertiary/aromatic N) is 3. The minimum absolute atomic E-state index is 0.387. The van der Waals surface area contributed by atoms with Crippen LogP contribution < -0.4 is 4.57 Å². The van der Waals surface area contributed by atoms with Crippen molar-refractivity contribution in [1.82, 2.24) is 9.97 Å². The van der Waals surface area contributed by atoms with E-state index in [9.17, 15) is 9.50 Å². The van der Waals surface area contributed by atoms with E-state index in [1.807, 2.05) is 11.5 Å². The largest absolute Gasteiger partial charge is 0.389 e. The first-order chi connectivity index (χ1) is 11.5. The molecule has 7 heteroatoms. The van der Waals surface area contributed by atoms with E-state index in [-0.39, 0.29) is 5.82 Å². The molecule has 0 aliphatic heterocycles. The van der Waals surface area contributed by atoms with E-state index < -0.39 is 6.10 Å². The highest BCUT2D eigenvalue weighted by atomic mass is 32.1. The molecule has 0 aliphatic carbocycles. The summed E-state index contributed by atoms with van der Waals surface area (Å²) in [5, 5.41) is 19.8. The lowest BCUT2D eigenvalue weighted by Gasteiger charge is -2.11. The van der Waals surface area contributed by atoms with E-state index in [1.165, 1.54) is 12.1 Å². The molecule has 0 bridgehead atoms. The molecule has 3 aromatic rings. The van der Waals surface area contributed by atoms with Crippen molar-refractivity contribution in [2.24, 2.45) is 0 Å². The molecule has 24 heavy (non-hydrogen) atoms. The summed E-state index contributed by atoms with van der Waals surface area (Å²) in [4.78, 5) is 8.43. The molecule has 5 nitrogen and oxygen atoms in total. The maximum Gasteiger partial charge on any atom is 0.242 e. The second-order valence-corrected chi connectivity index (χ2v) is 6.80. The van der Waals surface area contributed by atoms with Crippen molar-refractivity contribution >= 4 is 11.3 Å². The van der Waals surface area contributed by atoms with Crippen LogP contribution in [-0.2, 0) is 6.54 Å². The average molecular weight is 343 g/mol. The van der Waals surface area contributed by atoms with Gasteiger partial charge in [-0.25, -0.2) is 18.9 Å². The van der Waals surface area contributed by atoms with Gasteiger partial charge in [0, 0.05) is 5.56 Å². The molecule has 1 aromatic carbocycles. The van der Waals surface area contributed by atoms with Crippen LogP contribution in [0.4, 0.5) is 4.39 Å². The molecule has 0 spiro atoms. The van der Waals surface area contributed by atoms with Gasteiger partial charge in [-0.2, -0.15) is 5.26 Å².